The summed E-state index contributed by atoms with van der Waals surface area (Å²) >= 11 is 24.2. The Kier molecular flexibility index (Phi) is 29.9. The number of anilines is 4. The zero-order valence-electron chi connectivity index (χ0n) is 68.2. The molecule has 9 N–H and O–H groups in total. The lowest BCUT2D eigenvalue weighted by atomic mass is 10.1. The van der Waals surface area contributed by atoms with Crippen molar-refractivity contribution in [1.82, 2.24) is 106 Å². The first-order valence-corrected chi connectivity index (χ1v) is 41.0. The summed E-state index contributed by atoms with van der Waals surface area (Å²) in [5.41, 5.74) is 4.35. The van der Waals surface area contributed by atoms with Crippen LogP contribution < -0.4 is 46.2 Å². The Morgan fingerprint density at radius 2 is 0.731 bits per heavy atom. The molecule has 32 nitrogen and oxygen atoms in total. The van der Waals surface area contributed by atoms with Gasteiger partial charge in [0.05, 0.1) is 57.0 Å². The number of hydrogen-bond acceptors (Lipinski definition) is 24. The number of carbonyl (C=O) groups is 4. The van der Waals surface area contributed by atoms with E-state index in [1.807, 2.05) is 28.2 Å². The predicted octanol–water partition coefficient (Wildman–Crippen LogP) is 13.9. The van der Waals surface area contributed by atoms with E-state index >= 15 is 0 Å². The molecular weight excluding hydrogens is 1840 g/mol. The fourth-order valence-electron chi connectivity index (χ4n) is 15.0. The minimum Gasteiger partial charge on any atom is -0.380 e. The number of carbonyl (C=O) groups excluding carboxylic acids is 4. The summed E-state index contributed by atoms with van der Waals surface area (Å²) in [7, 11) is 2.90. The van der Waals surface area contributed by atoms with Crippen LogP contribution in [0.5, 0.6) is 0 Å². The molecule has 0 spiro atoms. The van der Waals surface area contributed by atoms with E-state index in [-0.39, 0.29) is 98.1 Å². The van der Waals surface area contributed by atoms with Gasteiger partial charge in [-0.15, -0.1) is 0 Å². The van der Waals surface area contributed by atoms with Gasteiger partial charge in [-0.2, -0.15) is 52.7 Å². The summed E-state index contributed by atoms with van der Waals surface area (Å²) in [6, 6.07) is 3.98. The first-order chi connectivity index (χ1) is 61.7. The molecule has 4 unspecified atom stereocenters. The molecule has 51 heteroatoms. The van der Waals surface area contributed by atoms with Gasteiger partial charge in [-0.1, -0.05) is 53.3 Å². The van der Waals surface area contributed by atoms with E-state index in [1.54, 1.807) is 66.9 Å². The standard InChI is InChI=1S/C21H22ClF4N7O.C20H19ClF4N6O2.C19H17ClF4N6O2.C19H18ClF3N6O2.4H2/c1-2-3-27-12-5-16(20(34)31-10-21(24,25)26)33(9-12)19-15(23)8-30-18(32-19)14-7-29-17-13(14)4-11(22)6-28-17;1-2-33-11-4-15(19(32)29-9-20(23,24)25)31(8-11)18-14(22)7-28-17(30-18)13-6-27-16-12(13)3-10(21)5-26-16;1-32-10-3-14(18(31)28-8-19(22,23)24)30(7-10)17-13(21)6-27-16(29-17)12-5-26-15-11(12)2-9(20)4-25-15;1-31-11-5-14(18(30)27-9-19(21,22)23)29(8-11)15-2-3-24-17(28-15)13-7-26-16-12(13)4-10(20)6-25-16;;;;/h4,6-8,12,16,27H,2-3,5,9-10H2,1H3,(H,28,29)(H,31,34);3,5-7,11,15H,2,4,8-9H2,1H3,(H,26,27)(H,29,32);2,4-6,10,14H,3,7-8H2,1H3,(H,25,26)(H,28,31);2-4,6-7,11,14H,5,8-9H2,1H3,(H,25,26)(H,27,30);4*1H/t12?,16-;11?,15-;10?,14-;11?,14-;;;;/m1101..../s1. The zero-order valence-corrected chi connectivity index (χ0v) is 71.3. The molecule has 4 fully saturated rings. The maximum absolute atomic E-state index is 14.9. The Hall–Kier alpha value is -11.9. The van der Waals surface area contributed by atoms with Crippen molar-refractivity contribution in [2.24, 2.45) is 0 Å². The van der Waals surface area contributed by atoms with Crippen LogP contribution in [-0.4, -0.2) is 256 Å². The number of hydrogen-bond donors (Lipinski definition) is 9. The molecule has 4 amide bonds. The topological polar surface area (TPSA) is 387 Å². The van der Waals surface area contributed by atoms with Gasteiger partial charge in [0.25, 0.3) is 0 Å². The van der Waals surface area contributed by atoms with Crippen LogP contribution in [0.25, 0.3) is 89.7 Å². The van der Waals surface area contributed by atoms with Crippen LogP contribution in [0.15, 0.2) is 105 Å². The molecule has 0 aromatic carbocycles. The Morgan fingerprint density at radius 1 is 0.423 bits per heavy atom. The molecule has 8 atom stereocenters. The Labute approximate surface area is 751 Å². The highest BCUT2D eigenvalue weighted by Crippen LogP contribution is 2.39. The summed E-state index contributed by atoms with van der Waals surface area (Å²) < 4.78 is 212. The van der Waals surface area contributed by atoms with E-state index in [4.69, 9.17) is 60.6 Å². The van der Waals surface area contributed by atoms with Crippen molar-refractivity contribution < 1.29 is 105 Å². The second-order valence-electron chi connectivity index (χ2n) is 29.7. The highest BCUT2D eigenvalue weighted by molar-refractivity contribution is 6.32. The van der Waals surface area contributed by atoms with Gasteiger partial charge in [0.15, 0.2) is 58.2 Å². The Morgan fingerprint density at radius 3 is 1.06 bits per heavy atom. The third-order valence-electron chi connectivity index (χ3n) is 20.8. The zero-order chi connectivity index (χ0) is 93.4. The number of nitrogens with one attached hydrogen (secondary N) is 9. The first kappa shape index (κ1) is 95.7. The van der Waals surface area contributed by atoms with E-state index in [2.05, 4.69) is 85.1 Å². The molecule has 0 aliphatic carbocycles. The lowest BCUT2D eigenvalue weighted by Crippen LogP contribution is -2.46. The number of ether oxygens (including phenoxy) is 3. The average molecular weight is 1920 g/mol. The maximum Gasteiger partial charge on any atom is 0.405 e. The molecule has 4 aliphatic rings. The highest BCUT2D eigenvalue weighted by Gasteiger charge is 2.46. The van der Waals surface area contributed by atoms with Crippen molar-refractivity contribution in [3.05, 3.63) is 142 Å². The van der Waals surface area contributed by atoms with Gasteiger partial charge in [0.1, 0.15) is 78.8 Å². The number of amides is 4. The van der Waals surface area contributed by atoms with E-state index in [1.165, 1.54) is 59.9 Å². The number of halogens is 19. The maximum atomic E-state index is 14.9. The molecule has 12 aromatic rings. The summed E-state index contributed by atoms with van der Waals surface area (Å²) in [5.74, 6) is -5.20. The second-order valence-corrected chi connectivity index (χ2v) is 31.5. The van der Waals surface area contributed by atoms with E-state index < -0.39 is 128 Å². The Balaban J connectivity index is 0.000000199. The lowest BCUT2D eigenvalue weighted by molar-refractivity contribution is -0.139. The molecule has 16 rings (SSSR count). The van der Waals surface area contributed by atoms with E-state index in [0.29, 0.717) is 112 Å². The van der Waals surface area contributed by atoms with Crippen LogP contribution in [0.3, 0.4) is 0 Å². The highest BCUT2D eigenvalue weighted by atomic mass is 35.5. The number of methoxy groups -OCH3 is 2. The lowest BCUT2D eigenvalue weighted by Gasteiger charge is -2.25. The summed E-state index contributed by atoms with van der Waals surface area (Å²) in [6.07, 6.45) is -1.28. The summed E-state index contributed by atoms with van der Waals surface area (Å²) in [4.78, 5) is 118. The van der Waals surface area contributed by atoms with Crippen molar-refractivity contribution in [3.8, 4) is 45.6 Å². The van der Waals surface area contributed by atoms with Gasteiger partial charge >= 0.3 is 24.7 Å². The number of nitrogens with zero attached hydrogens (tertiary/aromatic N) is 16. The van der Waals surface area contributed by atoms with Crippen LogP contribution in [0.2, 0.25) is 20.1 Å². The number of aromatic nitrogens is 16. The quantitative estimate of drug-likeness (QED) is 0.0269. The molecule has 4 saturated heterocycles. The van der Waals surface area contributed by atoms with E-state index in [9.17, 15) is 85.0 Å². The van der Waals surface area contributed by atoms with Gasteiger partial charge in [0.2, 0.25) is 23.6 Å². The summed E-state index contributed by atoms with van der Waals surface area (Å²) in [6.45, 7) is -0.516. The molecule has 700 valence electrons. The largest absolute Gasteiger partial charge is 0.405 e. The number of alkyl halides is 12. The SMILES string of the molecule is CCCNC1C[C@H](C(=O)NCC(F)(F)F)N(c2nc(-c3c[nH]c4ncc(Cl)cc34)ncc2F)C1.CCOC1C[C@H](C(=O)NCC(F)(F)F)N(c2nc(-c3c[nH]c4ncc(Cl)cc34)ncc2F)C1.COC1C[C@@H](C(=O)NCC(F)(F)F)N(c2nc(-c3c[nH]c4ncc(Cl)cc34)ncc2F)C1.COC1C[C@H](C(=O)NCC(F)(F)F)N(c2ccnc(-c3c[nH]c4ncc(Cl)cc34)n2)C1.[HH].[HH].[HH].[HH]. The number of H-pyrrole nitrogens is 4. The molecule has 0 radical (unpaired) electrons. The van der Waals surface area contributed by atoms with Crippen LogP contribution in [-0.2, 0) is 33.4 Å². The second kappa shape index (κ2) is 40.6. The van der Waals surface area contributed by atoms with Crippen molar-refractivity contribution in [3.63, 3.8) is 0 Å². The summed E-state index contributed by atoms with van der Waals surface area (Å²) in [5, 5.41) is 15.0. The van der Waals surface area contributed by atoms with Crippen molar-refractivity contribution in [2.45, 2.75) is 119 Å². The van der Waals surface area contributed by atoms with Gasteiger partial charge in [-0.05, 0) is 56.6 Å². The third-order valence-corrected chi connectivity index (χ3v) is 21.6. The normalized spacial score (nSPS) is 18.9. The van der Waals surface area contributed by atoms with Crippen molar-refractivity contribution in [1.29, 1.82) is 0 Å². The molecular formula is C79H84Cl4F15N25O7. The minimum atomic E-state index is -4.57. The number of fused-ring (bicyclic) bond motifs is 4. The number of pyridine rings is 4. The first-order valence-electron chi connectivity index (χ1n) is 39.5. The molecule has 16 heterocycles. The average Bonchev–Trinajstić information content (AvgIpc) is 1.61. The smallest absolute Gasteiger partial charge is 0.380 e. The van der Waals surface area contributed by atoms with Crippen molar-refractivity contribution >= 4 is 137 Å². The molecule has 0 bridgehead atoms. The van der Waals surface area contributed by atoms with E-state index in [0.717, 1.165) is 30.4 Å². The fourth-order valence-corrected chi connectivity index (χ4v) is 15.6. The predicted molar refractivity (Wildman–Crippen MR) is 455 cm³/mol. The monoisotopic (exact) mass is 1920 g/mol. The van der Waals surface area contributed by atoms with Crippen LogP contribution in [0.4, 0.5) is 89.1 Å². The molecule has 0 saturated carbocycles. The van der Waals surface area contributed by atoms with Crippen LogP contribution in [0, 0.1) is 17.5 Å². The van der Waals surface area contributed by atoms with Gasteiger partial charge < -0.3 is 80.3 Å². The Bertz CT molecular complexity index is 6080. The fraction of sp³-hybridized carbons (Fsp3) is 0.392. The van der Waals surface area contributed by atoms with Gasteiger partial charge in [0, 0.05) is 178 Å². The van der Waals surface area contributed by atoms with Gasteiger partial charge in [-0.3, -0.25) is 19.2 Å². The number of aromatic amines is 4. The molecule has 12 aromatic heterocycles. The van der Waals surface area contributed by atoms with Crippen LogP contribution in [0.1, 0.15) is 51.7 Å². The number of rotatable bonds is 23. The minimum absolute atomic E-state index is 0. The third kappa shape index (κ3) is 23.5. The van der Waals surface area contributed by atoms with Crippen molar-refractivity contribution in [2.75, 3.05) is 99.3 Å². The van der Waals surface area contributed by atoms with Gasteiger partial charge in [-0.25, -0.2) is 73.0 Å². The molecule has 4 aliphatic heterocycles. The van der Waals surface area contributed by atoms with Crippen LogP contribution >= 0.6 is 46.4 Å². The molecule has 130 heavy (non-hydrogen) atoms.